The Morgan fingerprint density at radius 3 is 2.67 bits per heavy atom. The van der Waals surface area contributed by atoms with E-state index in [4.69, 9.17) is 0 Å². The molecular weight excluding hydrogens is 304 g/mol. The number of rotatable bonds is 6. The number of amides is 1. The molecule has 2 N–H and O–H groups in total. The van der Waals surface area contributed by atoms with Gasteiger partial charge in [0.1, 0.15) is 11.9 Å². The van der Waals surface area contributed by atoms with Gasteiger partial charge in [0.15, 0.2) is 0 Å². The van der Waals surface area contributed by atoms with Crippen LogP contribution in [0.5, 0.6) is 0 Å². The van der Waals surface area contributed by atoms with Crippen LogP contribution in [-0.4, -0.2) is 41.4 Å². The van der Waals surface area contributed by atoms with Gasteiger partial charge in [0.25, 0.3) is 5.56 Å². The van der Waals surface area contributed by atoms with Crippen molar-refractivity contribution >= 4 is 5.91 Å². The van der Waals surface area contributed by atoms with Crippen LogP contribution in [-0.2, 0) is 11.2 Å². The van der Waals surface area contributed by atoms with E-state index < -0.39 is 0 Å². The van der Waals surface area contributed by atoms with Crippen molar-refractivity contribution in [3.05, 3.63) is 63.3 Å². The van der Waals surface area contributed by atoms with Crippen LogP contribution < -0.4 is 10.9 Å². The number of H-pyrrole nitrogens is 1. The molecule has 1 heterocycles. The standard InChI is InChI=1S/C18H24N4O2/c1-12-6-5-7-14(10-12)17(22(3)4)18(24)19-9-8-15-20-13(2)11-16(23)21-15/h5-7,10-11,17H,8-9H2,1-4H3,(H,19,24)(H,20,21,23)/t17-/m0/s1. The first kappa shape index (κ1) is 17.9. The monoisotopic (exact) mass is 328 g/mol. The van der Waals surface area contributed by atoms with Gasteiger partial charge in [-0.05, 0) is 33.5 Å². The highest BCUT2D eigenvalue weighted by molar-refractivity contribution is 5.83. The van der Waals surface area contributed by atoms with Crippen LogP contribution >= 0.6 is 0 Å². The normalized spacial score (nSPS) is 12.2. The maximum absolute atomic E-state index is 12.6. The van der Waals surface area contributed by atoms with Crippen molar-refractivity contribution in [1.82, 2.24) is 20.2 Å². The molecule has 0 unspecified atom stereocenters. The Labute approximate surface area is 141 Å². The Morgan fingerprint density at radius 1 is 1.29 bits per heavy atom. The highest BCUT2D eigenvalue weighted by atomic mass is 16.2. The van der Waals surface area contributed by atoms with Crippen LogP contribution in [0.1, 0.15) is 28.7 Å². The summed E-state index contributed by atoms with van der Waals surface area (Å²) in [5, 5.41) is 2.93. The summed E-state index contributed by atoms with van der Waals surface area (Å²) < 4.78 is 0. The second kappa shape index (κ2) is 7.88. The van der Waals surface area contributed by atoms with Crippen LogP contribution in [0.3, 0.4) is 0 Å². The minimum Gasteiger partial charge on any atom is -0.354 e. The van der Waals surface area contributed by atoms with Crippen molar-refractivity contribution in [2.45, 2.75) is 26.3 Å². The van der Waals surface area contributed by atoms with Gasteiger partial charge in [-0.25, -0.2) is 4.98 Å². The fourth-order valence-electron chi connectivity index (χ4n) is 2.68. The highest BCUT2D eigenvalue weighted by Crippen LogP contribution is 2.19. The molecule has 128 valence electrons. The number of hydrogen-bond donors (Lipinski definition) is 2. The van der Waals surface area contributed by atoms with E-state index in [0.29, 0.717) is 24.5 Å². The number of aryl methyl sites for hydroxylation is 2. The molecule has 0 spiro atoms. The third kappa shape index (κ3) is 4.76. The summed E-state index contributed by atoms with van der Waals surface area (Å²) in [5.74, 6) is 0.512. The molecule has 1 atom stereocenters. The molecular formula is C18H24N4O2. The fraction of sp³-hybridized carbons (Fsp3) is 0.389. The SMILES string of the molecule is Cc1cccc([C@@H](C(=O)NCCc2nc(C)cc(=O)[nH]2)N(C)C)c1. The van der Waals surface area contributed by atoms with Crippen molar-refractivity contribution in [2.24, 2.45) is 0 Å². The lowest BCUT2D eigenvalue weighted by Gasteiger charge is -2.24. The summed E-state index contributed by atoms with van der Waals surface area (Å²) in [7, 11) is 3.76. The number of aromatic amines is 1. The zero-order chi connectivity index (χ0) is 17.7. The number of benzene rings is 1. The molecule has 0 aliphatic carbocycles. The lowest BCUT2D eigenvalue weighted by Crippen LogP contribution is -2.38. The van der Waals surface area contributed by atoms with Gasteiger partial charge in [-0.15, -0.1) is 0 Å². The topological polar surface area (TPSA) is 78.1 Å². The third-order valence-electron chi connectivity index (χ3n) is 3.70. The zero-order valence-corrected chi connectivity index (χ0v) is 14.6. The van der Waals surface area contributed by atoms with Crippen LogP contribution in [0, 0.1) is 13.8 Å². The molecule has 1 aromatic carbocycles. The van der Waals surface area contributed by atoms with Crippen LogP contribution in [0.2, 0.25) is 0 Å². The number of likely N-dealkylation sites (N-methyl/N-ethyl adjacent to an activating group) is 1. The lowest BCUT2D eigenvalue weighted by molar-refractivity contribution is -0.125. The molecule has 24 heavy (non-hydrogen) atoms. The minimum atomic E-state index is -0.352. The molecule has 6 heteroatoms. The molecule has 0 saturated carbocycles. The zero-order valence-electron chi connectivity index (χ0n) is 14.6. The Morgan fingerprint density at radius 2 is 2.04 bits per heavy atom. The number of nitrogens with zero attached hydrogens (tertiary/aromatic N) is 2. The summed E-state index contributed by atoms with van der Waals surface area (Å²) >= 11 is 0. The average molecular weight is 328 g/mol. The van der Waals surface area contributed by atoms with E-state index in [1.807, 2.05) is 50.2 Å². The molecule has 1 amide bonds. The van der Waals surface area contributed by atoms with E-state index >= 15 is 0 Å². The number of carbonyl (C=O) groups excluding carboxylic acids is 1. The van der Waals surface area contributed by atoms with Crippen molar-refractivity contribution in [3.8, 4) is 0 Å². The summed E-state index contributed by atoms with van der Waals surface area (Å²) in [4.78, 5) is 32.8. The van der Waals surface area contributed by atoms with Crippen LogP contribution in [0.4, 0.5) is 0 Å². The van der Waals surface area contributed by atoms with Crippen molar-refractivity contribution in [3.63, 3.8) is 0 Å². The quantitative estimate of drug-likeness (QED) is 0.839. The van der Waals surface area contributed by atoms with Crippen molar-refractivity contribution < 1.29 is 4.79 Å². The summed E-state index contributed by atoms with van der Waals surface area (Å²) in [5.41, 5.74) is 2.58. The fourth-order valence-corrected chi connectivity index (χ4v) is 2.68. The maximum atomic E-state index is 12.6. The van der Waals surface area contributed by atoms with Crippen LogP contribution in [0.15, 0.2) is 35.1 Å². The predicted octanol–water partition coefficient (Wildman–Crippen LogP) is 1.35. The van der Waals surface area contributed by atoms with Gasteiger partial charge < -0.3 is 10.3 Å². The Kier molecular flexibility index (Phi) is 5.87. The second-order valence-corrected chi connectivity index (χ2v) is 6.15. The molecule has 2 aromatic rings. The van der Waals surface area contributed by atoms with Gasteiger partial charge >= 0.3 is 0 Å². The van der Waals surface area contributed by atoms with E-state index in [2.05, 4.69) is 15.3 Å². The molecule has 6 nitrogen and oxygen atoms in total. The van der Waals surface area contributed by atoms with E-state index in [1.54, 1.807) is 6.92 Å². The Bertz CT molecular complexity index is 768. The Balaban J connectivity index is 2.02. The van der Waals surface area contributed by atoms with Gasteiger partial charge in [-0.3, -0.25) is 14.5 Å². The molecule has 0 fully saturated rings. The van der Waals surface area contributed by atoms with E-state index in [-0.39, 0.29) is 17.5 Å². The van der Waals surface area contributed by atoms with Crippen molar-refractivity contribution in [2.75, 3.05) is 20.6 Å². The molecule has 0 radical (unpaired) electrons. The maximum Gasteiger partial charge on any atom is 0.251 e. The molecule has 0 aliphatic heterocycles. The lowest BCUT2D eigenvalue weighted by atomic mass is 10.0. The first-order valence-electron chi connectivity index (χ1n) is 7.94. The number of carbonyl (C=O) groups is 1. The summed E-state index contributed by atoms with van der Waals surface area (Å²) in [6, 6.07) is 9.03. The third-order valence-corrected chi connectivity index (χ3v) is 3.70. The first-order valence-corrected chi connectivity index (χ1v) is 7.94. The van der Waals surface area contributed by atoms with E-state index in [9.17, 15) is 9.59 Å². The predicted molar refractivity (Wildman–Crippen MR) is 93.9 cm³/mol. The first-order chi connectivity index (χ1) is 11.4. The number of hydrogen-bond acceptors (Lipinski definition) is 4. The molecule has 1 aromatic heterocycles. The average Bonchev–Trinajstić information content (AvgIpc) is 2.46. The Hall–Kier alpha value is -2.47. The summed E-state index contributed by atoms with van der Waals surface area (Å²) in [6.07, 6.45) is 0.483. The second-order valence-electron chi connectivity index (χ2n) is 6.15. The number of nitrogens with one attached hydrogen (secondary N) is 2. The van der Waals surface area contributed by atoms with E-state index in [0.717, 1.165) is 11.1 Å². The highest BCUT2D eigenvalue weighted by Gasteiger charge is 2.22. The molecule has 0 aliphatic rings. The smallest absolute Gasteiger partial charge is 0.251 e. The van der Waals surface area contributed by atoms with E-state index in [1.165, 1.54) is 6.07 Å². The number of aromatic nitrogens is 2. The van der Waals surface area contributed by atoms with Gasteiger partial charge in [0.2, 0.25) is 5.91 Å². The van der Waals surface area contributed by atoms with Crippen molar-refractivity contribution in [1.29, 1.82) is 0 Å². The molecule has 2 rings (SSSR count). The minimum absolute atomic E-state index is 0.0689. The van der Waals surface area contributed by atoms with Crippen LogP contribution in [0.25, 0.3) is 0 Å². The van der Waals surface area contributed by atoms with Gasteiger partial charge in [-0.1, -0.05) is 29.8 Å². The van der Waals surface area contributed by atoms with Gasteiger partial charge in [0, 0.05) is 24.7 Å². The largest absolute Gasteiger partial charge is 0.354 e. The molecule has 0 bridgehead atoms. The summed E-state index contributed by atoms with van der Waals surface area (Å²) in [6.45, 7) is 4.20. The van der Waals surface area contributed by atoms with Gasteiger partial charge in [-0.2, -0.15) is 0 Å². The van der Waals surface area contributed by atoms with Gasteiger partial charge in [0.05, 0.1) is 0 Å². The molecule has 0 saturated heterocycles.